The summed E-state index contributed by atoms with van der Waals surface area (Å²) in [5.41, 5.74) is 1.20. The van der Waals surface area contributed by atoms with E-state index in [4.69, 9.17) is 5.11 Å². The van der Waals surface area contributed by atoms with Gasteiger partial charge < -0.3 is 10.0 Å². The lowest BCUT2D eigenvalue weighted by Gasteiger charge is -2.25. The van der Waals surface area contributed by atoms with Gasteiger partial charge in [-0.25, -0.2) is 0 Å². The molecule has 0 aromatic rings. The number of nitrogens with zero attached hydrogens (tertiary/aromatic N) is 1. The fourth-order valence-electron chi connectivity index (χ4n) is 2.59. The minimum atomic E-state index is -0.664. The highest BCUT2D eigenvalue weighted by Crippen LogP contribution is 2.36. The number of thioether (sulfide) groups is 1. The number of carboxylic acid groups (broad SMARTS) is 1. The Labute approximate surface area is 105 Å². The van der Waals surface area contributed by atoms with E-state index in [1.165, 1.54) is 5.70 Å². The van der Waals surface area contributed by atoms with Gasteiger partial charge in [0.2, 0.25) is 0 Å². The molecule has 1 fully saturated rings. The number of carboxylic acids is 1. The number of aliphatic carboxylic acids is 1. The first-order valence-corrected chi connectivity index (χ1v) is 6.88. The van der Waals surface area contributed by atoms with Crippen molar-refractivity contribution in [1.82, 2.24) is 4.90 Å². The van der Waals surface area contributed by atoms with Crippen LogP contribution in [0.15, 0.2) is 35.4 Å². The van der Waals surface area contributed by atoms with E-state index >= 15 is 0 Å². The maximum Gasteiger partial charge on any atom is 0.308 e. The minimum absolute atomic E-state index is 0.198. The van der Waals surface area contributed by atoms with Crippen LogP contribution < -0.4 is 0 Å². The number of hydrogen-bond acceptors (Lipinski definition) is 3. The first-order valence-electron chi connectivity index (χ1n) is 5.94. The molecule has 0 amide bonds. The summed E-state index contributed by atoms with van der Waals surface area (Å²) in [6.07, 6.45) is 9.63. The predicted octanol–water partition coefficient (Wildman–Crippen LogP) is 2.09. The van der Waals surface area contributed by atoms with Crippen LogP contribution in [0.5, 0.6) is 0 Å². The Bertz CT molecular complexity index is 427. The van der Waals surface area contributed by atoms with Gasteiger partial charge in [-0.05, 0) is 24.0 Å². The van der Waals surface area contributed by atoms with Gasteiger partial charge in [0.1, 0.15) is 0 Å². The van der Waals surface area contributed by atoms with Gasteiger partial charge in [0, 0.05) is 30.0 Å². The zero-order chi connectivity index (χ0) is 11.8. The van der Waals surface area contributed by atoms with Crippen LogP contribution in [0.1, 0.15) is 6.42 Å². The molecule has 3 rings (SSSR count). The van der Waals surface area contributed by atoms with Crippen LogP contribution in [-0.2, 0) is 4.79 Å². The predicted molar refractivity (Wildman–Crippen MR) is 68.5 cm³/mol. The molecule has 1 saturated heterocycles. The second-order valence-electron chi connectivity index (χ2n) is 4.73. The Morgan fingerprint density at radius 2 is 2.35 bits per heavy atom. The second kappa shape index (κ2) is 4.26. The van der Waals surface area contributed by atoms with Gasteiger partial charge in [0.05, 0.1) is 5.92 Å². The Balaban J connectivity index is 1.70. The van der Waals surface area contributed by atoms with Crippen molar-refractivity contribution < 1.29 is 9.90 Å². The Morgan fingerprint density at radius 1 is 1.47 bits per heavy atom. The zero-order valence-corrected chi connectivity index (χ0v) is 10.3. The average Bonchev–Trinajstić information content (AvgIpc) is 2.97. The lowest BCUT2D eigenvalue weighted by molar-refractivity contribution is -0.141. The Morgan fingerprint density at radius 3 is 3.12 bits per heavy atom. The molecule has 0 bridgehead atoms. The van der Waals surface area contributed by atoms with Crippen molar-refractivity contribution in [1.29, 1.82) is 0 Å². The summed E-state index contributed by atoms with van der Waals surface area (Å²) in [6.45, 7) is 1.52. The summed E-state index contributed by atoms with van der Waals surface area (Å²) >= 11 is 1.84. The van der Waals surface area contributed by atoms with Crippen molar-refractivity contribution in [3.8, 4) is 0 Å². The molecule has 1 aliphatic carbocycles. The van der Waals surface area contributed by atoms with E-state index in [0.29, 0.717) is 17.7 Å². The van der Waals surface area contributed by atoms with Gasteiger partial charge in [-0.1, -0.05) is 12.2 Å². The number of fused-ring (bicyclic) bond motifs is 1. The molecule has 0 aromatic heterocycles. The van der Waals surface area contributed by atoms with Crippen LogP contribution in [0.3, 0.4) is 0 Å². The third-order valence-corrected chi connectivity index (χ3v) is 4.72. The summed E-state index contributed by atoms with van der Waals surface area (Å²) in [6, 6.07) is 0. The summed E-state index contributed by atoms with van der Waals surface area (Å²) < 4.78 is 0. The molecule has 2 heterocycles. The number of carbonyl (C=O) groups is 1. The van der Waals surface area contributed by atoms with Gasteiger partial charge in [-0.15, -0.1) is 11.8 Å². The van der Waals surface area contributed by atoms with Crippen LogP contribution in [0, 0.1) is 11.8 Å². The maximum absolute atomic E-state index is 10.9. The first-order chi connectivity index (χ1) is 8.24. The summed E-state index contributed by atoms with van der Waals surface area (Å²) in [5.74, 6) is -0.333. The molecule has 0 spiro atoms. The van der Waals surface area contributed by atoms with Crippen molar-refractivity contribution in [2.24, 2.45) is 11.8 Å². The molecule has 1 N–H and O–H groups in total. The molecular weight excluding hydrogens is 234 g/mol. The highest BCUT2D eigenvalue weighted by Gasteiger charge is 2.31. The van der Waals surface area contributed by atoms with Crippen molar-refractivity contribution in [3.63, 3.8) is 0 Å². The van der Waals surface area contributed by atoms with E-state index in [1.807, 2.05) is 11.8 Å². The summed E-state index contributed by atoms with van der Waals surface area (Å²) in [5, 5.41) is 11.7. The standard InChI is InChI=1S/C13H15NO2S/c15-13(16)10-3-5-14(8-10)11-2-1-9-4-6-17-12(9)7-11/h1-2,4,6-7,9-10,12H,3,5,8H2,(H,15,16)/t9?,10-,12?/m1/s1. The molecule has 90 valence electrons. The third-order valence-electron chi connectivity index (χ3n) is 3.64. The number of hydrogen-bond donors (Lipinski definition) is 1. The molecule has 3 aliphatic rings. The van der Waals surface area contributed by atoms with Crippen LogP contribution in [0.2, 0.25) is 0 Å². The van der Waals surface area contributed by atoms with Gasteiger partial charge in [0.25, 0.3) is 0 Å². The third kappa shape index (κ3) is 2.02. The van der Waals surface area contributed by atoms with E-state index in [1.54, 1.807) is 0 Å². The highest BCUT2D eigenvalue weighted by molar-refractivity contribution is 8.03. The largest absolute Gasteiger partial charge is 0.481 e. The van der Waals surface area contributed by atoms with Gasteiger partial charge in [-0.2, -0.15) is 0 Å². The van der Waals surface area contributed by atoms with E-state index in [2.05, 4.69) is 34.6 Å². The molecule has 17 heavy (non-hydrogen) atoms. The second-order valence-corrected chi connectivity index (χ2v) is 5.82. The van der Waals surface area contributed by atoms with Crippen molar-refractivity contribution >= 4 is 17.7 Å². The first kappa shape index (κ1) is 11.0. The number of rotatable bonds is 2. The van der Waals surface area contributed by atoms with E-state index in [9.17, 15) is 4.79 Å². The lowest BCUT2D eigenvalue weighted by Crippen LogP contribution is -2.25. The van der Waals surface area contributed by atoms with Crippen molar-refractivity contribution in [3.05, 3.63) is 35.4 Å². The topological polar surface area (TPSA) is 40.5 Å². The zero-order valence-electron chi connectivity index (χ0n) is 9.45. The maximum atomic E-state index is 10.9. The summed E-state index contributed by atoms with van der Waals surface area (Å²) in [7, 11) is 0. The average molecular weight is 249 g/mol. The van der Waals surface area contributed by atoms with Gasteiger partial charge in [-0.3, -0.25) is 4.79 Å². The molecule has 3 atom stereocenters. The molecule has 3 nitrogen and oxygen atoms in total. The van der Waals surface area contributed by atoms with Crippen LogP contribution in [0.25, 0.3) is 0 Å². The molecule has 2 aliphatic heterocycles. The van der Waals surface area contributed by atoms with E-state index in [-0.39, 0.29) is 5.92 Å². The Kier molecular flexibility index (Phi) is 2.74. The normalized spacial score (nSPS) is 34.9. The van der Waals surface area contributed by atoms with E-state index in [0.717, 1.165) is 13.0 Å². The molecule has 0 saturated carbocycles. The quantitative estimate of drug-likeness (QED) is 0.813. The van der Waals surface area contributed by atoms with E-state index < -0.39 is 5.97 Å². The van der Waals surface area contributed by atoms with Crippen LogP contribution in [0.4, 0.5) is 0 Å². The van der Waals surface area contributed by atoms with Crippen molar-refractivity contribution in [2.45, 2.75) is 11.7 Å². The minimum Gasteiger partial charge on any atom is -0.481 e. The SMILES string of the molecule is O=C(O)[C@@H]1CCN(C2=CC3SC=CC3C=C2)C1. The molecule has 4 heteroatoms. The highest BCUT2D eigenvalue weighted by atomic mass is 32.2. The Hall–Kier alpha value is -1.16. The molecular formula is C13H15NO2S. The fraction of sp³-hybridized carbons (Fsp3) is 0.462. The molecule has 0 aromatic carbocycles. The number of allylic oxidation sites excluding steroid dienone is 3. The monoisotopic (exact) mass is 249 g/mol. The van der Waals surface area contributed by atoms with Crippen LogP contribution in [-0.4, -0.2) is 34.3 Å². The van der Waals surface area contributed by atoms with Crippen molar-refractivity contribution in [2.75, 3.05) is 13.1 Å². The number of likely N-dealkylation sites (tertiary alicyclic amines) is 1. The smallest absolute Gasteiger partial charge is 0.308 e. The molecule has 2 unspecified atom stereocenters. The lowest BCUT2D eigenvalue weighted by atomic mass is 9.99. The van der Waals surface area contributed by atoms with Gasteiger partial charge in [0.15, 0.2) is 0 Å². The van der Waals surface area contributed by atoms with Gasteiger partial charge >= 0.3 is 5.97 Å². The van der Waals surface area contributed by atoms with Crippen LogP contribution >= 0.6 is 11.8 Å². The molecule has 0 radical (unpaired) electrons. The fourth-order valence-corrected chi connectivity index (χ4v) is 3.63. The summed E-state index contributed by atoms with van der Waals surface area (Å²) in [4.78, 5) is 13.1.